The van der Waals surface area contributed by atoms with Gasteiger partial charge < -0.3 is 5.11 Å². The molecular formula is C6H8N2O. The van der Waals surface area contributed by atoms with Gasteiger partial charge in [0.1, 0.15) is 0 Å². The van der Waals surface area contributed by atoms with Crippen molar-refractivity contribution in [1.29, 1.82) is 0 Å². The second-order valence-corrected chi connectivity index (χ2v) is 1.86. The van der Waals surface area contributed by atoms with Crippen molar-refractivity contribution in [3.63, 3.8) is 0 Å². The van der Waals surface area contributed by atoms with E-state index in [1.807, 2.05) is 6.92 Å². The quantitative estimate of drug-likeness (QED) is 0.584. The fourth-order valence-electron chi connectivity index (χ4n) is 0.615. The van der Waals surface area contributed by atoms with Gasteiger partial charge >= 0.3 is 0 Å². The maximum atomic E-state index is 8.59. The van der Waals surface area contributed by atoms with Crippen LogP contribution in [-0.4, -0.2) is 15.3 Å². The van der Waals surface area contributed by atoms with Crippen LogP contribution in [0, 0.1) is 6.92 Å². The fraction of sp³-hybridized carbons (Fsp3) is 0.333. The third kappa shape index (κ3) is 1.47. The van der Waals surface area contributed by atoms with Gasteiger partial charge in [-0.1, -0.05) is 0 Å². The van der Waals surface area contributed by atoms with Crippen LogP contribution in [0.1, 0.15) is 11.3 Å². The molecule has 0 fully saturated rings. The topological polar surface area (TPSA) is 46.0 Å². The number of aliphatic hydroxyl groups excluding tert-OH is 1. The van der Waals surface area contributed by atoms with Gasteiger partial charge in [0.15, 0.2) is 0 Å². The van der Waals surface area contributed by atoms with Crippen molar-refractivity contribution < 1.29 is 5.11 Å². The molecule has 0 unspecified atom stereocenters. The van der Waals surface area contributed by atoms with Crippen LogP contribution in [-0.2, 0) is 6.61 Å². The molecule has 3 heteroatoms. The lowest BCUT2D eigenvalue weighted by Crippen LogP contribution is -1.89. The van der Waals surface area contributed by atoms with Crippen molar-refractivity contribution in [2.75, 3.05) is 0 Å². The lowest BCUT2D eigenvalue weighted by atomic mass is 10.3. The minimum atomic E-state index is 0.0381. The van der Waals surface area contributed by atoms with E-state index in [1.54, 1.807) is 12.3 Å². The highest BCUT2D eigenvalue weighted by Crippen LogP contribution is 1.96. The summed E-state index contributed by atoms with van der Waals surface area (Å²) in [6.45, 7) is 1.88. The molecule has 0 radical (unpaired) electrons. The van der Waals surface area contributed by atoms with Crippen LogP contribution in [0.2, 0.25) is 0 Å². The molecule has 48 valence electrons. The highest BCUT2D eigenvalue weighted by Gasteiger charge is 1.89. The summed E-state index contributed by atoms with van der Waals surface area (Å²) in [6, 6.07) is 1.80. The van der Waals surface area contributed by atoms with Crippen molar-refractivity contribution >= 4 is 0 Å². The summed E-state index contributed by atoms with van der Waals surface area (Å²) >= 11 is 0. The second kappa shape index (κ2) is 2.55. The first-order valence-corrected chi connectivity index (χ1v) is 2.72. The smallest absolute Gasteiger partial charge is 0.0698 e. The Morgan fingerprint density at radius 2 is 2.44 bits per heavy atom. The average molecular weight is 124 g/mol. The number of aromatic nitrogens is 2. The van der Waals surface area contributed by atoms with Crippen molar-refractivity contribution in [1.82, 2.24) is 10.2 Å². The summed E-state index contributed by atoms with van der Waals surface area (Å²) < 4.78 is 0. The van der Waals surface area contributed by atoms with Gasteiger partial charge in [-0.05, 0) is 18.6 Å². The maximum Gasteiger partial charge on any atom is 0.0698 e. The molecule has 1 heterocycles. The lowest BCUT2D eigenvalue weighted by molar-refractivity contribution is 0.281. The van der Waals surface area contributed by atoms with E-state index < -0.39 is 0 Å². The van der Waals surface area contributed by atoms with Gasteiger partial charge in [0, 0.05) is 0 Å². The van der Waals surface area contributed by atoms with Gasteiger partial charge in [0.2, 0.25) is 0 Å². The Kier molecular flexibility index (Phi) is 1.75. The second-order valence-electron chi connectivity index (χ2n) is 1.86. The van der Waals surface area contributed by atoms with Gasteiger partial charge in [-0.25, -0.2) is 0 Å². The monoisotopic (exact) mass is 124 g/mol. The molecule has 0 saturated carbocycles. The summed E-state index contributed by atoms with van der Waals surface area (Å²) in [5.74, 6) is 0. The van der Waals surface area contributed by atoms with Crippen LogP contribution in [0.15, 0.2) is 12.3 Å². The van der Waals surface area contributed by atoms with Crippen molar-refractivity contribution in [2.24, 2.45) is 0 Å². The van der Waals surface area contributed by atoms with E-state index in [-0.39, 0.29) is 6.61 Å². The predicted molar refractivity (Wildman–Crippen MR) is 32.7 cm³/mol. The molecule has 0 aliphatic rings. The molecule has 0 aliphatic heterocycles. The van der Waals surface area contributed by atoms with Gasteiger partial charge in [-0.3, -0.25) is 0 Å². The Hall–Kier alpha value is -0.960. The first kappa shape index (κ1) is 6.16. The molecule has 1 N–H and O–H groups in total. The molecule has 0 amide bonds. The van der Waals surface area contributed by atoms with E-state index in [9.17, 15) is 0 Å². The maximum absolute atomic E-state index is 8.59. The van der Waals surface area contributed by atoms with Gasteiger partial charge in [0.05, 0.1) is 18.5 Å². The molecular weight excluding hydrogens is 116 g/mol. The first-order chi connectivity index (χ1) is 4.33. The zero-order chi connectivity index (χ0) is 6.69. The van der Waals surface area contributed by atoms with Crippen LogP contribution in [0.4, 0.5) is 0 Å². The standard InChI is InChI=1S/C6H8N2O/c1-5-2-6(4-9)3-7-8-5/h2-3,9H,4H2,1H3. The van der Waals surface area contributed by atoms with E-state index in [0.717, 1.165) is 11.3 Å². The van der Waals surface area contributed by atoms with Crippen LogP contribution in [0.25, 0.3) is 0 Å². The Balaban J connectivity index is 2.94. The summed E-state index contributed by atoms with van der Waals surface area (Å²) in [5, 5.41) is 16.0. The number of nitrogens with zero attached hydrogens (tertiary/aromatic N) is 2. The normalized spacial score (nSPS) is 9.56. The molecule has 9 heavy (non-hydrogen) atoms. The van der Waals surface area contributed by atoms with Crippen LogP contribution in [0.5, 0.6) is 0 Å². The molecule has 1 aromatic heterocycles. The third-order valence-electron chi connectivity index (χ3n) is 1.02. The zero-order valence-electron chi connectivity index (χ0n) is 5.20. The Bertz CT molecular complexity index is 200. The molecule has 0 bridgehead atoms. The van der Waals surface area contributed by atoms with Crippen molar-refractivity contribution in [3.8, 4) is 0 Å². The van der Waals surface area contributed by atoms with Crippen LogP contribution in [0.3, 0.4) is 0 Å². The highest BCUT2D eigenvalue weighted by atomic mass is 16.3. The Labute approximate surface area is 53.4 Å². The SMILES string of the molecule is Cc1cc(CO)cnn1. The molecule has 0 atom stereocenters. The largest absolute Gasteiger partial charge is 0.392 e. The molecule has 0 spiro atoms. The summed E-state index contributed by atoms with van der Waals surface area (Å²) in [4.78, 5) is 0. The molecule has 0 aliphatic carbocycles. The number of aryl methyl sites for hydroxylation is 1. The van der Waals surface area contributed by atoms with Crippen LogP contribution < -0.4 is 0 Å². The van der Waals surface area contributed by atoms with Crippen molar-refractivity contribution in [3.05, 3.63) is 23.5 Å². The number of hydrogen-bond donors (Lipinski definition) is 1. The molecule has 1 rings (SSSR count). The minimum Gasteiger partial charge on any atom is -0.392 e. The van der Waals surface area contributed by atoms with E-state index >= 15 is 0 Å². The van der Waals surface area contributed by atoms with Crippen LogP contribution >= 0.6 is 0 Å². The minimum absolute atomic E-state index is 0.0381. The van der Waals surface area contributed by atoms with Crippen molar-refractivity contribution in [2.45, 2.75) is 13.5 Å². The van der Waals surface area contributed by atoms with Gasteiger partial charge in [0.25, 0.3) is 0 Å². The molecule has 0 saturated heterocycles. The molecule has 1 aromatic rings. The number of hydrogen-bond acceptors (Lipinski definition) is 3. The van der Waals surface area contributed by atoms with E-state index in [2.05, 4.69) is 10.2 Å². The lowest BCUT2D eigenvalue weighted by Gasteiger charge is -1.92. The van der Waals surface area contributed by atoms with E-state index in [0.29, 0.717) is 0 Å². The molecule has 3 nitrogen and oxygen atoms in total. The zero-order valence-corrected chi connectivity index (χ0v) is 5.20. The average Bonchev–Trinajstić information content (AvgIpc) is 1.88. The van der Waals surface area contributed by atoms with E-state index in [1.165, 1.54) is 0 Å². The summed E-state index contributed by atoms with van der Waals surface area (Å²) in [5.41, 5.74) is 1.64. The fourth-order valence-corrected chi connectivity index (χ4v) is 0.615. The number of rotatable bonds is 1. The summed E-state index contributed by atoms with van der Waals surface area (Å²) in [6.07, 6.45) is 1.55. The Morgan fingerprint density at radius 1 is 1.67 bits per heavy atom. The Morgan fingerprint density at radius 3 is 2.89 bits per heavy atom. The van der Waals surface area contributed by atoms with Gasteiger partial charge in [-0.15, -0.1) is 0 Å². The van der Waals surface area contributed by atoms with E-state index in [4.69, 9.17) is 5.11 Å². The summed E-state index contributed by atoms with van der Waals surface area (Å²) in [7, 11) is 0. The third-order valence-corrected chi connectivity index (χ3v) is 1.02. The highest BCUT2D eigenvalue weighted by molar-refractivity contribution is 5.09. The number of aliphatic hydroxyl groups is 1. The predicted octanol–water partition coefficient (Wildman–Crippen LogP) is 0.277. The van der Waals surface area contributed by atoms with Gasteiger partial charge in [-0.2, -0.15) is 10.2 Å². The molecule has 0 aromatic carbocycles. The first-order valence-electron chi connectivity index (χ1n) is 2.72.